The molecule has 0 aliphatic carbocycles. The largest absolute Gasteiger partial charge is 0.305 e. The Labute approximate surface area is 123 Å². The van der Waals surface area contributed by atoms with Crippen molar-refractivity contribution in [3.8, 4) is 0 Å². The van der Waals surface area contributed by atoms with Crippen molar-refractivity contribution < 1.29 is 8.42 Å². The van der Waals surface area contributed by atoms with Gasteiger partial charge in [0.15, 0.2) is 0 Å². The van der Waals surface area contributed by atoms with E-state index >= 15 is 0 Å². The van der Waals surface area contributed by atoms with E-state index in [2.05, 4.69) is 9.71 Å². The number of rotatable bonds is 6. The third-order valence-corrected chi connectivity index (χ3v) is 4.87. The lowest BCUT2D eigenvalue weighted by molar-refractivity contribution is 0.434. The van der Waals surface area contributed by atoms with Gasteiger partial charge in [0.25, 0.3) is 10.2 Å². The van der Waals surface area contributed by atoms with E-state index in [0.717, 1.165) is 5.65 Å². The summed E-state index contributed by atoms with van der Waals surface area (Å²) in [7, 11) is -3.46. The maximum absolute atomic E-state index is 12.0. The number of hydrogen-bond acceptors (Lipinski definition) is 3. The van der Waals surface area contributed by atoms with Crippen LogP contribution < -0.4 is 4.72 Å². The fourth-order valence-corrected chi connectivity index (χ4v) is 3.28. The second kappa shape index (κ2) is 6.09. The first kappa shape index (κ1) is 15.2. The molecule has 2 rings (SSSR count). The quantitative estimate of drug-likeness (QED) is 0.881. The van der Waals surface area contributed by atoms with Crippen LogP contribution in [0.3, 0.4) is 0 Å². The molecule has 0 saturated heterocycles. The molecule has 0 aliphatic rings. The predicted molar refractivity (Wildman–Crippen MR) is 78.9 cm³/mol. The highest BCUT2D eigenvalue weighted by Crippen LogP contribution is 2.12. The molecule has 2 aromatic rings. The first-order valence-electron chi connectivity index (χ1n) is 6.34. The zero-order chi connectivity index (χ0) is 14.8. The number of halogens is 1. The zero-order valence-corrected chi connectivity index (χ0v) is 12.9. The van der Waals surface area contributed by atoms with Gasteiger partial charge >= 0.3 is 0 Å². The van der Waals surface area contributed by atoms with E-state index in [1.54, 1.807) is 42.8 Å². The van der Waals surface area contributed by atoms with Gasteiger partial charge in [-0.2, -0.15) is 17.4 Å². The molecule has 0 fully saturated rings. The first-order valence-corrected chi connectivity index (χ1v) is 8.16. The van der Waals surface area contributed by atoms with Crippen molar-refractivity contribution in [1.82, 2.24) is 18.4 Å². The maximum atomic E-state index is 12.0. The third-order valence-electron chi connectivity index (χ3n) is 2.95. The number of aromatic nitrogens is 2. The van der Waals surface area contributed by atoms with Crippen LogP contribution >= 0.6 is 11.6 Å². The molecule has 0 spiro atoms. The van der Waals surface area contributed by atoms with Gasteiger partial charge in [-0.1, -0.05) is 25.4 Å². The smallest absolute Gasteiger partial charge is 0.279 e. The highest BCUT2D eigenvalue weighted by Gasteiger charge is 2.18. The van der Waals surface area contributed by atoms with E-state index in [9.17, 15) is 8.42 Å². The Hall–Kier alpha value is -1.15. The van der Waals surface area contributed by atoms with Crippen LogP contribution in [-0.4, -0.2) is 35.2 Å². The van der Waals surface area contributed by atoms with Crippen LogP contribution in [0.1, 0.15) is 19.5 Å². The second-order valence-electron chi connectivity index (χ2n) is 4.26. The SMILES string of the molecule is CCN(CC)S(=O)(=O)NCc1cn2cc(Cl)ccc2n1. The molecule has 0 atom stereocenters. The van der Waals surface area contributed by atoms with Gasteiger partial charge in [0.2, 0.25) is 0 Å². The van der Waals surface area contributed by atoms with Crippen LogP contribution in [-0.2, 0) is 16.8 Å². The summed E-state index contributed by atoms with van der Waals surface area (Å²) < 4.78 is 29.7. The van der Waals surface area contributed by atoms with Crippen molar-refractivity contribution in [2.75, 3.05) is 13.1 Å². The summed E-state index contributed by atoms with van der Waals surface area (Å²) in [6.45, 7) is 4.63. The molecule has 0 aliphatic heterocycles. The van der Waals surface area contributed by atoms with E-state index in [-0.39, 0.29) is 6.54 Å². The highest BCUT2D eigenvalue weighted by molar-refractivity contribution is 7.87. The maximum Gasteiger partial charge on any atom is 0.279 e. The number of nitrogens with zero attached hydrogens (tertiary/aromatic N) is 3. The molecule has 0 unspecified atom stereocenters. The molecule has 1 N–H and O–H groups in total. The minimum atomic E-state index is -3.46. The van der Waals surface area contributed by atoms with Crippen LogP contribution in [0.25, 0.3) is 5.65 Å². The molecule has 2 heterocycles. The molecule has 0 amide bonds. The van der Waals surface area contributed by atoms with Crippen molar-refractivity contribution in [1.29, 1.82) is 0 Å². The van der Waals surface area contributed by atoms with Crippen LogP contribution in [0.15, 0.2) is 24.5 Å². The standard InChI is InChI=1S/C12H17ClN4O2S/c1-3-17(4-2)20(18,19)14-7-11-9-16-8-10(13)5-6-12(16)15-11/h5-6,8-9,14H,3-4,7H2,1-2H3. The molecule has 8 heteroatoms. The Balaban J connectivity index is 2.13. The summed E-state index contributed by atoms with van der Waals surface area (Å²) in [6, 6.07) is 3.53. The van der Waals surface area contributed by atoms with Crippen molar-refractivity contribution in [2.24, 2.45) is 0 Å². The lowest BCUT2D eigenvalue weighted by Gasteiger charge is -2.18. The summed E-state index contributed by atoms with van der Waals surface area (Å²) in [6.07, 6.45) is 3.48. The Morgan fingerprint density at radius 3 is 2.65 bits per heavy atom. The summed E-state index contributed by atoms with van der Waals surface area (Å²) in [5, 5.41) is 0.602. The van der Waals surface area contributed by atoms with Crippen molar-refractivity contribution in [3.05, 3.63) is 35.2 Å². The van der Waals surface area contributed by atoms with E-state index < -0.39 is 10.2 Å². The van der Waals surface area contributed by atoms with Crippen molar-refractivity contribution in [2.45, 2.75) is 20.4 Å². The van der Waals surface area contributed by atoms with E-state index in [1.807, 2.05) is 0 Å². The first-order chi connectivity index (χ1) is 9.46. The molecular formula is C12H17ClN4O2S. The van der Waals surface area contributed by atoms with E-state index in [1.165, 1.54) is 4.31 Å². The summed E-state index contributed by atoms with van der Waals surface area (Å²) >= 11 is 5.89. The number of imidazole rings is 1. The lowest BCUT2D eigenvalue weighted by Crippen LogP contribution is -2.40. The Bertz CT molecular complexity index is 695. The highest BCUT2D eigenvalue weighted by atomic mass is 35.5. The minimum Gasteiger partial charge on any atom is -0.305 e. The number of hydrogen-bond donors (Lipinski definition) is 1. The molecule has 20 heavy (non-hydrogen) atoms. The van der Waals surface area contributed by atoms with Gasteiger partial charge in [-0.3, -0.25) is 0 Å². The van der Waals surface area contributed by atoms with Gasteiger partial charge in [0.1, 0.15) is 5.65 Å². The molecule has 0 bridgehead atoms. The Morgan fingerprint density at radius 1 is 1.30 bits per heavy atom. The molecule has 6 nitrogen and oxygen atoms in total. The number of nitrogens with one attached hydrogen (secondary N) is 1. The molecule has 0 aromatic carbocycles. The number of pyridine rings is 1. The second-order valence-corrected chi connectivity index (χ2v) is 6.45. The van der Waals surface area contributed by atoms with Gasteiger partial charge in [-0.05, 0) is 12.1 Å². The van der Waals surface area contributed by atoms with E-state index in [0.29, 0.717) is 23.8 Å². The summed E-state index contributed by atoms with van der Waals surface area (Å²) in [4.78, 5) is 4.33. The van der Waals surface area contributed by atoms with Gasteiger partial charge in [0.05, 0.1) is 17.3 Å². The molecule has 110 valence electrons. The zero-order valence-electron chi connectivity index (χ0n) is 11.4. The summed E-state index contributed by atoms with van der Waals surface area (Å²) in [5.74, 6) is 0. The minimum absolute atomic E-state index is 0.151. The molecule has 0 radical (unpaired) electrons. The van der Waals surface area contributed by atoms with Crippen LogP contribution in [0.2, 0.25) is 5.02 Å². The van der Waals surface area contributed by atoms with Crippen LogP contribution in [0.4, 0.5) is 0 Å². The van der Waals surface area contributed by atoms with Gasteiger partial charge in [-0.15, -0.1) is 0 Å². The topological polar surface area (TPSA) is 66.7 Å². The van der Waals surface area contributed by atoms with Crippen molar-refractivity contribution >= 4 is 27.5 Å². The Morgan fingerprint density at radius 2 is 2.00 bits per heavy atom. The predicted octanol–water partition coefficient (Wildman–Crippen LogP) is 1.66. The summed E-state index contributed by atoms with van der Waals surface area (Å²) in [5.41, 5.74) is 1.37. The Kier molecular flexibility index (Phi) is 4.64. The fraction of sp³-hybridized carbons (Fsp3) is 0.417. The molecule has 0 saturated carbocycles. The average molecular weight is 317 g/mol. The third kappa shape index (κ3) is 3.29. The lowest BCUT2D eigenvalue weighted by atomic mass is 10.5. The van der Waals surface area contributed by atoms with Gasteiger partial charge in [-0.25, -0.2) is 4.98 Å². The van der Waals surface area contributed by atoms with Gasteiger partial charge in [0, 0.05) is 25.5 Å². The van der Waals surface area contributed by atoms with Crippen LogP contribution in [0, 0.1) is 0 Å². The van der Waals surface area contributed by atoms with Crippen LogP contribution in [0.5, 0.6) is 0 Å². The number of fused-ring (bicyclic) bond motifs is 1. The average Bonchev–Trinajstić information content (AvgIpc) is 2.79. The fourth-order valence-electron chi connectivity index (χ4n) is 1.92. The monoisotopic (exact) mass is 316 g/mol. The van der Waals surface area contributed by atoms with Crippen molar-refractivity contribution in [3.63, 3.8) is 0 Å². The molecular weight excluding hydrogens is 300 g/mol. The van der Waals surface area contributed by atoms with E-state index in [4.69, 9.17) is 11.6 Å². The van der Waals surface area contributed by atoms with Gasteiger partial charge < -0.3 is 4.40 Å². The molecule has 2 aromatic heterocycles. The normalized spacial score (nSPS) is 12.4.